The number of nitrogens with zero attached hydrogens (tertiary/aromatic N) is 1. The first-order valence-electron chi connectivity index (χ1n) is 12.1. The first kappa shape index (κ1) is 22.5. The summed E-state index contributed by atoms with van der Waals surface area (Å²) in [5, 5.41) is 7.42. The van der Waals surface area contributed by atoms with Crippen LogP contribution in [0.4, 0.5) is 5.69 Å². The second-order valence-corrected chi connectivity index (χ2v) is 9.39. The minimum Gasteiger partial charge on any atom is -0.401 e. The van der Waals surface area contributed by atoms with Crippen LogP contribution in [-0.4, -0.2) is 30.6 Å². The van der Waals surface area contributed by atoms with Crippen LogP contribution >= 0.6 is 0 Å². The molecule has 2 aromatic carbocycles. The molecule has 2 heterocycles. The number of allylic oxidation sites excluding steroid dienone is 1. The van der Waals surface area contributed by atoms with Crippen molar-refractivity contribution in [1.82, 2.24) is 10.2 Å². The number of hydrogen-bond donors (Lipinski definition) is 3. The van der Waals surface area contributed by atoms with Crippen molar-refractivity contribution in [1.29, 1.82) is 0 Å². The summed E-state index contributed by atoms with van der Waals surface area (Å²) < 4.78 is 0. The van der Waals surface area contributed by atoms with Gasteiger partial charge in [-0.2, -0.15) is 0 Å². The Morgan fingerprint density at radius 1 is 1.22 bits per heavy atom. The van der Waals surface area contributed by atoms with Crippen LogP contribution in [-0.2, 0) is 6.42 Å². The quantitative estimate of drug-likeness (QED) is 0.583. The van der Waals surface area contributed by atoms with Gasteiger partial charge in [0.15, 0.2) is 0 Å². The lowest BCUT2D eigenvalue weighted by molar-refractivity contribution is 0.245. The summed E-state index contributed by atoms with van der Waals surface area (Å²) in [6, 6.07) is 16.6. The highest BCUT2D eigenvalue weighted by Gasteiger charge is 2.24. The van der Waals surface area contributed by atoms with Gasteiger partial charge in [0.1, 0.15) is 0 Å². The van der Waals surface area contributed by atoms with Crippen molar-refractivity contribution >= 4 is 17.0 Å². The molecule has 2 aromatic rings. The topological polar surface area (TPSA) is 53.3 Å². The summed E-state index contributed by atoms with van der Waals surface area (Å²) in [6.07, 6.45) is 5.57. The molecule has 0 aromatic heterocycles. The molecule has 0 bridgehead atoms. The fourth-order valence-corrected chi connectivity index (χ4v) is 4.87. The third-order valence-electron chi connectivity index (χ3n) is 6.84. The van der Waals surface area contributed by atoms with Gasteiger partial charge in [0.05, 0.1) is 11.7 Å². The molecule has 4 rings (SSSR count). The fourth-order valence-electron chi connectivity index (χ4n) is 4.87. The van der Waals surface area contributed by atoms with Gasteiger partial charge < -0.3 is 16.4 Å². The Bertz CT molecular complexity index is 1010. The van der Waals surface area contributed by atoms with Gasteiger partial charge in [-0.3, -0.25) is 4.90 Å². The van der Waals surface area contributed by atoms with E-state index in [9.17, 15) is 0 Å². The predicted octanol–water partition coefficient (Wildman–Crippen LogP) is 5.54. The molecule has 0 spiro atoms. The smallest absolute Gasteiger partial charge is 0.0605 e. The number of nitrogens with one attached hydrogen (secondary N) is 2. The van der Waals surface area contributed by atoms with Crippen molar-refractivity contribution in [2.45, 2.75) is 59.0 Å². The van der Waals surface area contributed by atoms with E-state index in [-0.39, 0.29) is 6.04 Å². The van der Waals surface area contributed by atoms with Gasteiger partial charge in [0.2, 0.25) is 0 Å². The summed E-state index contributed by atoms with van der Waals surface area (Å²) in [5.41, 5.74) is 16.1. The minimum absolute atomic E-state index is 0.234. The minimum atomic E-state index is 0.234. The van der Waals surface area contributed by atoms with Crippen molar-refractivity contribution in [2.75, 3.05) is 25.0 Å². The number of benzene rings is 2. The van der Waals surface area contributed by atoms with Gasteiger partial charge >= 0.3 is 0 Å². The van der Waals surface area contributed by atoms with Gasteiger partial charge in [-0.15, -0.1) is 0 Å². The molecule has 170 valence electrons. The van der Waals surface area contributed by atoms with E-state index in [0.717, 1.165) is 50.3 Å². The van der Waals surface area contributed by atoms with Gasteiger partial charge in [0, 0.05) is 42.6 Å². The summed E-state index contributed by atoms with van der Waals surface area (Å²) >= 11 is 0. The Hall–Kier alpha value is -2.72. The van der Waals surface area contributed by atoms with E-state index in [1.807, 2.05) is 6.92 Å². The molecular weight excluding hydrogens is 392 g/mol. The van der Waals surface area contributed by atoms with Crippen LogP contribution in [0.25, 0.3) is 11.3 Å². The first-order valence-corrected chi connectivity index (χ1v) is 12.1. The van der Waals surface area contributed by atoms with Crippen molar-refractivity contribution < 1.29 is 0 Å². The molecular formula is C28H38N4. The maximum absolute atomic E-state index is 6.29. The average Bonchev–Trinajstić information content (AvgIpc) is 2.98. The zero-order valence-electron chi connectivity index (χ0n) is 20.0. The molecule has 2 aliphatic heterocycles. The molecule has 1 atom stereocenters. The van der Waals surface area contributed by atoms with Crippen molar-refractivity contribution in [3.63, 3.8) is 0 Å². The maximum Gasteiger partial charge on any atom is 0.0605 e. The van der Waals surface area contributed by atoms with Gasteiger partial charge in [0.25, 0.3) is 0 Å². The van der Waals surface area contributed by atoms with Gasteiger partial charge in [-0.25, -0.2) is 0 Å². The number of nitrogens with two attached hydrogens (primary N) is 1. The molecule has 4 N–H and O–H groups in total. The van der Waals surface area contributed by atoms with Crippen LogP contribution in [0.5, 0.6) is 0 Å². The number of anilines is 1. The largest absolute Gasteiger partial charge is 0.401 e. The lowest BCUT2D eigenvalue weighted by atomic mass is 9.90. The number of aryl methyl sites for hydroxylation is 1. The summed E-state index contributed by atoms with van der Waals surface area (Å²) in [5.74, 6) is 0. The molecule has 32 heavy (non-hydrogen) atoms. The van der Waals surface area contributed by atoms with E-state index in [4.69, 9.17) is 5.73 Å². The molecule has 4 nitrogen and oxygen atoms in total. The fraction of sp³-hybridized carbons (Fsp3) is 0.429. The predicted molar refractivity (Wildman–Crippen MR) is 137 cm³/mol. The highest BCUT2D eigenvalue weighted by molar-refractivity contribution is 5.75. The van der Waals surface area contributed by atoms with Gasteiger partial charge in [-0.1, -0.05) is 37.3 Å². The van der Waals surface area contributed by atoms with E-state index in [1.54, 1.807) is 0 Å². The van der Waals surface area contributed by atoms with E-state index < -0.39 is 0 Å². The Labute approximate surface area is 193 Å². The van der Waals surface area contributed by atoms with Crippen LogP contribution in [0, 0.1) is 0 Å². The van der Waals surface area contributed by atoms with Gasteiger partial charge in [-0.05, 0) is 80.5 Å². The molecule has 4 heteroatoms. The second-order valence-electron chi connectivity index (χ2n) is 9.39. The second kappa shape index (κ2) is 9.83. The van der Waals surface area contributed by atoms with E-state index in [0.29, 0.717) is 6.04 Å². The lowest BCUT2D eigenvalue weighted by Crippen LogP contribution is -2.34. The molecule has 1 unspecified atom stereocenters. The third-order valence-corrected chi connectivity index (χ3v) is 6.84. The van der Waals surface area contributed by atoms with Crippen LogP contribution in [0.15, 0.2) is 54.2 Å². The number of fused-ring (bicyclic) bond motifs is 1. The van der Waals surface area contributed by atoms with Crippen LogP contribution in [0.3, 0.4) is 0 Å². The van der Waals surface area contributed by atoms with Crippen LogP contribution in [0.2, 0.25) is 0 Å². The standard InChI is InChI=1S/C28H38N4/c1-5-21-7-6-8-24(17-21)31-27-11-14-30-28(20(4)29)25-10-9-23(18-26(25)27)22-12-15-32(16-13-22)19(2)3/h6-10,12,17-19,27,30-31H,5,11,13-16,29H2,1-4H3/b28-20-. The number of hydrogen-bond acceptors (Lipinski definition) is 4. The molecule has 0 radical (unpaired) electrons. The maximum atomic E-state index is 6.29. The van der Waals surface area contributed by atoms with Crippen LogP contribution in [0.1, 0.15) is 68.8 Å². The molecule has 0 fully saturated rings. The Kier molecular flexibility index (Phi) is 6.90. The first-order chi connectivity index (χ1) is 15.5. The SMILES string of the molecule is CCc1cccc(NC2CCN/C(=C(/C)N)c3ccc(C4=CCN(C(C)C)CC4)cc32)c1. The average molecular weight is 431 g/mol. The Morgan fingerprint density at radius 2 is 2.06 bits per heavy atom. The monoisotopic (exact) mass is 430 g/mol. The highest BCUT2D eigenvalue weighted by atomic mass is 15.1. The van der Waals surface area contributed by atoms with E-state index >= 15 is 0 Å². The Morgan fingerprint density at radius 3 is 2.75 bits per heavy atom. The third kappa shape index (κ3) is 4.86. The molecule has 0 saturated heterocycles. The zero-order valence-corrected chi connectivity index (χ0v) is 20.0. The number of rotatable bonds is 5. The normalized spacial score (nSPS) is 20.8. The van der Waals surface area contributed by atoms with Crippen molar-refractivity contribution in [2.24, 2.45) is 5.73 Å². The molecule has 2 aliphatic rings. The Balaban J connectivity index is 1.71. The highest BCUT2D eigenvalue weighted by Crippen LogP contribution is 2.35. The lowest BCUT2D eigenvalue weighted by Gasteiger charge is -2.30. The van der Waals surface area contributed by atoms with E-state index in [1.165, 1.54) is 33.5 Å². The summed E-state index contributed by atoms with van der Waals surface area (Å²) in [7, 11) is 0. The van der Waals surface area contributed by atoms with Crippen molar-refractivity contribution in [3.8, 4) is 0 Å². The molecule has 0 aliphatic carbocycles. The molecule has 0 saturated carbocycles. The van der Waals surface area contributed by atoms with Crippen LogP contribution < -0.4 is 16.4 Å². The van der Waals surface area contributed by atoms with Crippen molar-refractivity contribution in [3.05, 3.63) is 76.5 Å². The zero-order chi connectivity index (χ0) is 22.7. The van der Waals surface area contributed by atoms with E-state index in [2.05, 4.69) is 84.8 Å². The summed E-state index contributed by atoms with van der Waals surface area (Å²) in [6.45, 7) is 11.8. The summed E-state index contributed by atoms with van der Waals surface area (Å²) in [4.78, 5) is 2.53. The molecule has 0 amide bonds.